The van der Waals surface area contributed by atoms with Gasteiger partial charge in [-0.25, -0.2) is 0 Å². The molecule has 0 radical (unpaired) electrons. The molecule has 0 bridgehead atoms. The van der Waals surface area contributed by atoms with Crippen LogP contribution < -0.4 is 9.47 Å². The van der Waals surface area contributed by atoms with Crippen LogP contribution in [0.4, 0.5) is 0 Å². The van der Waals surface area contributed by atoms with E-state index in [4.69, 9.17) is 9.47 Å². The number of Topliss-reactive ketones (excluding diaryl/α,β-unsaturated/α-hetero) is 1. The second kappa shape index (κ2) is 7.09. The van der Waals surface area contributed by atoms with Crippen molar-refractivity contribution >= 4 is 37.6 Å². The highest BCUT2D eigenvalue weighted by Crippen LogP contribution is 2.33. The maximum absolute atomic E-state index is 12.5. The fourth-order valence-corrected chi connectivity index (χ4v) is 2.94. The molecule has 110 valence electrons. The Bertz CT molecular complexity index is 669. The summed E-state index contributed by atoms with van der Waals surface area (Å²) in [6, 6.07) is 11.1. The highest BCUT2D eigenvalue weighted by atomic mass is 79.9. The van der Waals surface area contributed by atoms with E-state index in [1.54, 1.807) is 26.4 Å². The quantitative estimate of drug-likeness (QED) is 0.669. The smallest absolute Gasteiger partial charge is 0.171 e. The van der Waals surface area contributed by atoms with Crippen LogP contribution in [0.3, 0.4) is 0 Å². The lowest BCUT2D eigenvalue weighted by atomic mass is 10.0. The number of hydrogen-bond donors (Lipinski definition) is 0. The van der Waals surface area contributed by atoms with E-state index in [0.717, 1.165) is 14.5 Å². The van der Waals surface area contributed by atoms with Crippen molar-refractivity contribution in [1.29, 1.82) is 0 Å². The zero-order valence-electron chi connectivity index (χ0n) is 11.7. The fourth-order valence-electron chi connectivity index (χ4n) is 2.01. The van der Waals surface area contributed by atoms with Gasteiger partial charge < -0.3 is 9.47 Å². The van der Waals surface area contributed by atoms with Gasteiger partial charge in [0.2, 0.25) is 0 Å². The standard InChI is InChI=1S/C16H14Br2O3/c1-20-15-9-13(18)16(21-2)8-12(15)14(19)7-10-4-3-5-11(17)6-10/h3-6,8-9H,7H2,1-2H3. The predicted molar refractivity (Wildman–Crippen MR) is 89.4 cm³/mol. The van der Waals surface area contributed by atoms with Crippen molar-refractivity contribution in [3.05, 3.63) is 56.5 Å². The molecule has 2 aromatic carbocycles. The number of hydrogen-bond acceptors (Lipinski definition) is 3. The normalized spacial score (nSPS) is 10.3. The third-order valence-corrected chi connectivity index (χ3v) is 4.14. The van der Waals surface area contributed by atoms with Crippen molar-refractivity contribution in [2.75, 3.05) is 14.2 Å². The number of ketones is 1. The van der Waals surface area contributed by atoms with Crippen molar-refractivity contribution < 1.29 is 14.3 Å². The maximum Gasteiger partial charge on any atom is 0.171 e. The molecule has 0 aliphatic carbocycles. The molecule has 0 saturated heterocycles. The summed E-state index contributed by atoms with van der Waals surface area (Å²) in [6.07, 6.45) is 0.306. The Morgan fingerprint density at radius 3 is 2.38 bits per heavy atom. The molecule has 0 saturated carbocycles. The van der Waals surface area contributed by atoms with Gasteiger partial charge in [0.15, 0.2) is 5.78 Å². The van der Waals surface area contributed by atoms with Gasteiger partial charge >= 0.3 is 0 Å². The third kappa shape index (κ3) is 3.86. The summed E-state index contributed by atoms with van der Waals surface area (Å²) in [4.78, 5) is 12.5. The Labute approximate surface area is 140 Å². The number of carbonyl (C=O) groups excluding carboxylic acids is 1. The number of rotatable bonds is 5. The molecule has 5 heteroatoms. The monoisotopic (exact) mass is 412 g/mol. The minimum Gasteiger partial charge on any atom is -0.496 e. The average molecular weight is 414 g/mol. The number of benzene rings is 2. The van der Waals surface area contributed by atoms with Gasteiger partial charge in [0.05, 0.1) is 24.3 Å². The van der Waals surface area contributed by atoms with Gasteiger partial charge in [0.25, 0.3) is 0 Å². The molecule has 0 atom stereocenters. The third-order valence-electron chi connectivity index (χ3n) is 3.03. The molecule has 21 heavy (non-hydrogen) atoms. The van der Waals surface area contributed by atoms with E-state index in [0.29, 0.717) is 23.5 Å². The molecule has 0 aliphatic heterocycles. The van der Waals surface area contributed by atoms with Crippen molar-refractivity contribution in [1.82, 2.24) is 0 Å². The maximum atomic E-state index is 12.5. The van der Waals surface area contributed by atoms with E-state index >= 15 is 0 Å². The van der Waals surface area contributed by atoms with Crippen molar-refractivity contribution in [2.45, 2.75) is 6.42 Å². The Morgan fingerprint density at radius 2 is 1.76 bits per heavy atom. The topological polar surface area (TPSA) is 35.5 Å². The Kier molecular flexibility index (Phi) is 5.42. The molecule has 3 nitrogen and oxygen atoms in total. The number of carbonyl (C=O) groups is 1. The summed E-state index contributed by atoms with van der Waals surface area (Å²) in [5.41, 5.74) is 1.45. The van der Waals surface area contributed by atoms with Gasteiger partial charge in [-0.2, -0.15) is 0 Å². The first kappa shape index (κ1) is 16.0. The highest BCUT2D eigenvalue weighted by Gasteiger charge is 2.16. The Morgan fingerprint density at radius 1 is 1.05 bits per heavy atom. The van der Waals surface area contributed by atoms with Crippen LogP contribution >= 0.6 is 31.9 Å². The summed E-state index contributed by atoms with van der Waals surface area (Å²) < 4.78 is 12.2. The van der Waals surface area contributed by atoms with E-state index in [9.17, 15) is 4.79 Å². The van der Waals surface area contributed by atoms with Gasteiger partial charge in [-0.3, -0.25) is 4.79 Å². The summed E-state index contributed by atoms with van der Waals surface area (Å²) in [7, 11) is 3.11. The fraction of sp³-hybridized carbons (Fsp3) is 0.188. The zero-order chi connectivity index (χ0) is 15.4. The first-order valence-electron chi connectivity index (χ1n) is 6.24. The molecule has 0 amide bonds. The van der Waals surface area contributed by atoms with Gasteiger partial charge in [-0.15, -0.1) is 0 Å². The predicted octanol–water partition coefficient (Wildman–Crippen LogP) is 4.65. The molecule has 0 aromatic heterocycles. The Hall–Kier alpha value is -1.33. The highest BCUT2D eigenvalue weighted by molar-refractivity contribution is 9.10. The van der Waals surface area contributed by atoms with Crippen LogP contribution in [0.2, 0.25) is 0 Å². The summed E-state index contributed by atoms with van der Waals surface area (Å²) in [5.74, 6) is 1.12. The van der Waals surface area contributed by atoms with Crippen LogP contribution in [0.25, 0.3) is 0 Å². The van der Waals surface area contributed by atoms with E-state index < -0.39 is 0 Å². The molecule has 0 heterocycles. The number of methoxy groups -OCH3 is 2. The largest absolute Gasteiger partial charge is 0.496 e. The minimum absolute atomic E-state index is 0.0178. The lowest BCUT2D eigenvalue weighted by Crippen LogP contribution is -2.06. The molecule has 0 aliphatic rings. The summed E-state index contributed by atoms with van der Waals surface area (Å²) in [6.45, 7) is 0. The van der Waals surface area contributed by atoms with Crippen LogP contribution in [-0.4, -0.2) is 20.0 Å². The molecule has 2 rings (SSSR count). The lowest BCUT2D eigenvalue weighted by molar-refractivity contribution is 0.0989. The van der Waals surface area contributed by atoms with E-state index in [1.165, 1.54) is 0 Å². The molecule has 0 fully saturated rings. The van der Waals surface area contributed by atoms with Crippen LogP contribution in [0.15, 0.2) is 45.3 Å². The number of ether oxygens (including phenoxy) is 2. The molecule has 0 spiro atoms. The first-order valence-corrected chi connectivity index (χ1v) is 7.83. The van der Waals surface area contributed by atoms with E-state index in [2.05, 4.69) is 31.9 Å². The molecular formula is C16H14Br2O3. The van der Waals surface area contributed by atoms with Crippen LogP contribution in [0.1, 0.15) is 15.9 Å². The first-order chi connectivity index (χ1) is 10.0. The molecule has 2 aromatic rings. The van der Waals surface area contributed by atoms with E-state index in [1.807, 2.05) is 24.3 Å². The SMILES string of the molecule is COc1cc(C(=O)Cc2cccc(Br)c2)c(OC)cc1Br. The van der Waals surface area contributed by atoms with Gasteiger partial charge in [0.1, 0.15) is 11.5 Å². The van der Waals surface area contributed by atoms with E-state index in [-0.39, 0.29) is 5.78 Å². The van der Waals surface area contributed by atoms with Crippen LogP contribution in [-0.2, 0) is 6.42 Å². The average Bonchev–Trinajstić information content (AvgIpc) is 2.46. The lowest BCUT2D eigenvalue weighted by Gasteiger charge is -2.11. The second-order valence-electron chi connectivity index (χ2n) is 4.42. The van der Waals surface area contributed by atoms with Gasteiger partial charge in [-0.1, -0.05) is 28.1 Å². The summed E-state index contributed by atoms with van der Waals surface area (Å²) in [5, 5.41) is 0. The van der Waals surface area contributed by atoms with Crippen molar-refractivity contribution in [3.63, 3.8) is 0 Å². The van der Waals surface area contributed by atoms with Crippen LogP contribution in [0, 0.1) is 0 Å². The second-order valence-corrected chi connectivity index (χ2v) is 6.19. The molecule has 0 unspecified atom stereocenters. The Balaban J connectivity index is 2.34. The number of halogens is 2. The molecular weight excluding hydrogens is 400 g/mol. The van der Waals surface area contributed by atoms with Gasteiger partial charge in [-0.05, 0) is 45.8 Å². The van der Waals surface area contributed by atoms with Gasteiger partial charge in [0, 0.05) is 10.9 Å². The zero-order valence-corrected chi connectivity index (χ0v) is 14.8. The van der Waals surface area contributed by atoms with Crippen molar-refractivity contribution in [3.8, 4) is 11.5 Å². The van der Waals surface area contributed by atoms with Crippen LogP contribution in [0.5, 0.6) is 11.5 Å². The van der Waals surface area contributed by atoms with Crippen molar-refractivity contribution in [2.24, 2.45) is 0 Å². The minimum atomic E-state index is -0.0178. The molecule has 0 N–H and O–H groups in total. The summed E-state index contributed by atoms with van der Waals surface area (Å²) >= 11 is 6.79.